The molecule has 0 saturated heterocycles. The number of amides is 1. The van der Waals surface area contributed by atoms with Gasteiger partial charge in [-0.15, -0.1) is 5.10 Å². The number of hydrazone groups is 1. The van der Waals surface area contributed by atoms with Gasteiger partial charge in [0.2, 0.25) is 0 Å². The van der Waals surface area contributed by atoms with Crippen LogP contribution < -0.4 is 5.43 Å². The Kier molecular flexibility index (Phi) is 4.72. The van der Waals surface area contributed by atoms with Crippen LogP contribution in [0.4, 0.5) is 0 Å². The maximum absolute atomic E-state index is 11.7. The number of aromatic nitrogens is 2. The molecule has 0 bridgehead atoms. The van der Waals surface area contributed by atoms with E-state index in [9.17, 15) is 9.59 Å². The third kappa shape index (κ3) is 3.69. The van der Waals surface area contributed by atoms with Crippen molar-refractivity contribution in [3.8, 4) is 0 Å². The zero-order valence-electron chi connectivity index (χ0n) is 11.4. The van der Waals surface area contributed by atoms with Gasteiger partial charge in [-0.3, -0.25) is 4.79 Å². The summed E-state index contributed by atoms with van der Waals surface area (Å²) in [6.45, 7) is 1.70. The van der Waals surface area contributed by atoms with Crippen molar-refractivity contribution in [1.82, 2.24) is 15.0 Å². The molecule has 7 nitrogen and oxygen atoms in total. The lowest BCUT2D eigenvalue weighted by Gasteiger charge is -1.99. The molecule has 108 valence electrons. The van der Waals surface area contributed by atoms with Crippen LogP contribution in [0.25, 0.3) is 0 Å². The summed E-state index contributed by atoms with van der Waals surface area (Å²) in [6, 6.07) is 6.63. The standard InChI is InChI=1S/C13H12N4O3S/c1-8-11(21-17-15-8)12(18)16-14-7-9-3-5-10(6-4-9)13(19)20-2/h3-7H,1-2H3,(H,16,18)/b14-7+. The second-order valence-electron chi connectivity index (χ2n) is 4.00. The van der Waals surface area contributed by atoms with E-state index in [2.05, 4.69) is 24.9 Å². The van der Waals surface area contributed by atoms with Crippen LogP contribution >= 0.6 is 11.5 Å². The minimum Gasteiger partial charge on any atom is -0.465 e. The number of nitrogens with zero attached hydrogens (tertiary/aromatic N) is 3. The van der Waals surface area contributed by atoms with Crippen molar-refractivity contribution >= 4 is 29.6 Å². The summed E-state index contributed by atoms with van der Waals surface area (Å²) >= 11 is 1.01. The van der Waals surface area contributed by atoms with Crippen molar-refractivity contribution in [3.05, 3.63) is 46.0 Å². The van der Waals surface area contributed by atoms with Crippen LogP contribution in [0.3, 0.4) is 0 Å². The lowest BCUT2D eigenvalue weighted by atomic mass is 10.1. The summed E-state index contributed by atoms with van der Waals surface area (Å²) < 4.78 is 8.28. The molecule has 1 aromatic heterocycles. The normalized spacial score (nSPS) is 10.6. The Balaban J connectivity index is 1.97. The van der Waals surface area contributed by atoms with Crippen LogP contribution in [0.15, 0.2) is 29.4 Å². The van der Waals surface area contributed by atoms with Gasteiger partial charge in [0.05, 0.1) is 24.6 Å². The number of rotatable bonds is 4. The summed E-state index contributed by atoms with van der Waals surface area (Å²) in [4.78, 5) is 23.4. The number of hydrogen-bond acceptors (Lipinski definition) is 7. The van der Waals surface area contributed by atoms with E-state index in [1.54, 1.807) is 31.2 Å². The van der Waals surface area contributed by atoms with E-state index in [1.165, 1.54) is 13.3 Å². The predicted molar refractivity (Wildman–Crippen MR) is 77.5 cm³/mol. The minimum atomic E-state index is -0.403. The largest absolute Gasteiger partial charge is 0.465 e. The van der Waals surface area contributed by atoms with Crippen molar-refractivity contribution in [1.29, 1.82) is 0 Å². The van der Waals surface area contributed by atoms with Crippen molar-refractivity contribution in [2.75, 3.05) is 7.11 Å². The number of hydrogen-bond donors (Lipinski definition) is 1. The van der Waals surface area contributed by atoms with Crippen LogP contribution in [0.2, 0.25) is 0 Å². The summed E-state index contributed by atoms with van der Waals surface area (Å²) in [5, 5.41) is 7.59. The molecule has 1 aromatic carbocycles. The average Bonchev–Trinajstić information content (AvgIpc) is 2.93. The van der Waals surface area contributed by atoms with Gasteiger partial charge >= 0.3 is 5.97 Å². The second kappa shape index (κ2) is 6.71. The monoisotopic (exact) mass is 304 g/mol. The lowest BCUT2D eigenvalue weighted by molar-refractivity contribution is 0.0600. The first-order chi connectivity index (χ1) is 10.1. The van der Waals surface area contributed by atoms with E-state index >= 15 is 0 Å². The lowest BCUT2D eigenvalue weighted by Crippen LogP contribution is -2.17. The van der Waals surface area contributed by atoms with Crippen LogP contribution in [-0.4, -0.2) is 34.8 Å². The highest BCUT2D eigenvalue weighted by Gasteiger charge is 2.11. The molecular weight excluding hydrogens is 292 g/mol. The molecule has 0 unspecified atom stereocenters. The molecule has 0 saturated carbocycles. The molecule has 0 aliphatic heterocycles. The summed E-state index contributed by atoms with van der Waals surface area (Å²) in [5.41, 5.74) is 4.14. The molecule has 2 rings (SSSR count). The van der Waals surface area contributed by atoms with Gasteiger partial charge in [-0.1, -0.05) is 16.6 Å². The zero-order chi connectivity index (χ0) is 15.2. The highest BCUT2D eigenvalue weighted by molar-refractivity contribution is 7.07. The summed E-state index contributed by atoms with van der Waals surface area (Å²) in [5.74, 6) is -0.759. The van der Waals surface area contributed by atoms with Gasteiger partial charge in [0.25, 0.3) is 5.91 Å². The fourth-order valence-electron chi connectivity index (χ4n) is 1.48. The SMILES string of the molecule is COC(=O)c1ccc(/C=N/NC(=O)c2snnc2C)cc1. The van der Waals surface area contributed by atoms with Gasteiger partial charge in [-0.25, -0.2) is 10.2 Å². The third-order valence-corrected chi connectivity index (χ3v) is 3.40. The van der Waals surface area contributed by atoms with Crippen LogP contribution in [0.5, 0.6) is 0 Å². The van der Waals surface area contributed by atoms with Gasteiger partial charge in [-0.2, -0.15) is 5.10 Å². The van der Waals surface area contributed by atoms with Gasteiger partial charge in [0.1, 0.15) is 4.88 Å². The maximum Gasteiger partial charge on any atom is 0.337 e. The number of esters is 1. The average molecular weight is 304 g/mol. The van der Waals surface area contributed by atoms with E-state index in [1.807, 2.05) is 0 Å². The molecule has 21 heavy (non-hydrogen) atoms. The molecule has 1 amide bonds. The first-order valence-electron chi connectivity index (χ1n) is 5.92. The number of carbonyl (C=O) groups excluding carboxylic acids is 2. The Labute approximate surface area is 124 Å². The highest BCUT2D eigenvalue weighted by Crippen LogP contribution is 2.08. The smallest absolute Gasteiger partial charge is 0.337 e. The quantitative estimate of drug-likeness (QED) is 0.523. The minimum absolute atomic E-state index is 0.357. The number of nitrogens with one attached hydrogen (secondary N) is 1. The molecule has 0 aliphatic rings. The first-order valence-corrected chi connectivity index (χ1v) is 6.70. The molecule has 1 heterocycles. The third-order valence-electron chi connectivity index (χ3n) is 2.57. The van der Waals surface area contributed by atoms with E-state index < -0.39 is 5.97 Å². The molecule has 8 heteroatoms. The van der Waals surface area contributed by atoms with E-state index in [0.717, 1.165) is 17.1 Å². The molecule has 0 fully saturated rings. The van der Waals surface area contributed by atoms with Crippen LogP contribution in [0.1, 0.15) is 31.3 Å². The molecule has 2 aromatic rings. The predicted octanol–water partition coefficient (Wildman–Crippen LogP) is 1.40. The van der Waals surface area contributed by atoms with E-state index in [4.69, 9.17) is 0 Å². The van der Waals surface area contributed by atoms with Crippen molar-refractivity contribution in [2.45, 2.75) is 6.92 Å². The van der Waals surface area contributed by atoms with Gasteiger partial charge < -0.3 is 4.74 Å². The van der Waals surface area contributed by atoms with Crippen molar-refractivity contribution in [3.63, 3.8) is 0 Å². The molecule has 0 aliphatic carbocycles. The number of aryl methyl sites for hydroxylation is 1. The molecule has 0 spiro atoms. The first kappa shape index (κ1) is 14.8. The summed E-state index contributed by atoms with van der Waals surface area (Å²) in [7, 11) is 1.32. The molecule has 0 radical (unpaired) electrons. The van der Waals surface area contributed by atoms with E-state index in [0.29, 0.717) is 16.1 Å². The molecule has 1 N–H and O–H groups in total. The Bertz CT molecular complexity index is 679. The fraction of sp³-hybridized carbons (Fsp3) is 0.154. The van der Waals surface area contributed by atoms with E-state index in [-0.39, 0.29) is 5.91 Å². The topological polar surface area (TPSA) is 93.5 Å². The van der Waals surface area contributed by atoms with Crippen LogP contribution in [-0.2, 0) is 4.74 Å². The maximum atomic E-state index is 11.7. The molecule has 0 atom stereocenters. The zero-order valence-corrected chi connectivity index (χ0v) is 12.2. The second-order valence-corrected chi connectivity index (χ2v) is 4.75. The van der Waals surface area contributed by atoms with Crippen LogP contribution in [0, 0.1) is 6.92 Å². The number of carbonyl (C=O) groups is 2. The Morgan fingerprint density at radius 2 is 2.05 bits per heavy atom. The van der Waals surface area contributed by atoms with Crippen molar-refractivity contribution in [2.24, 2.45) is 5.10 Å². The van der Waals surface area contributed by atoms with Crippen molar-refractivity contribution < 1.29 is 14.3 Å². The molecular formula is C13H12N4O3S. The number of ether oxygens (including phenoxy) is 1. The number of benzene rings is 1. The highest BCUT2D eigenvalue weighted by atomic mass is 32.1. The Hall–Kier alpha value is -2.61. The Morgan fingerprint density at radius 3 is 2.62 bits per heavy atom. The number of methoxy groups -OCH3 is 1. The van der Waals surface area contributed by atoms with Gasteiger partial charge in [-0.05, 0) is 36.2 Å². The summed E-state index contributed by atoms with van der Waals surface area (Å²) in [6.07, 6.45) is 1.47. The van der Waals surface area contributed by atoms with Gasteiger partial charge in [0, 0.05) is 0 Å². The fourth-order valence-corrected chi connectivity index (χ4v) is 2.03. The Morgan fingerprint density at radius 1 is 1.33 bits per heavy atom. The van der Waals surface area contributed by atoms with Gasteiger partial charge in [0.15, 0.2) is 0 Å².